The smallest absolute Gasteiger partial charge is 0.00975 e. The molecule has 0 aromatic heterocycles. The molecule has 2 nitrogen and oxygen atoms in total. The summed E-state index contributed by atoms with van der Waals surface area (Å²) in [6, 6.07) is 0.663. The van der Waals surface area contributed by atoms with Gasteiger partial charge in [-0.05, 0) is 60.0 Å². The topological polar surface area (TPSA) is 29.3 Å². The van der Waals surface area contributed by atoms with Crippen molar-refractivity contribution in [3.05, 3.63) is 0 Å². The summed E-state index contributed by atoms with van der Waals surface area (Å²) in [4.78, 5) is 2.53. The Morgan fingerprint density at radius 2 is 1.79 bits per heavy atom. The van der Waals surface area contributed by atoms with Crippen LogP contribution in [-0.4, -0.2) is 29.6 Å². The van der Waals surface area contributed by atoms with Crippen LogP contribution in [0.1, 0.15) is 53.9 Å². The summed E-state index contributed by atoms with van der Waals surface area (Å²) in [6.45, 7) is 13.4. The standard InChI is InChI=1S/C12H28N2/c1-6-9-14(11(2)3)10-7-8-12(4,5)13/h11H,6-10,13H2,1-5H3. The second-order valence-corrected chi connectivity index (χ2v) is 5.22. The molecule has 86 valence electrons. The third kappa shape index (κ3) is 7.34. The van der Waals surface area contributed by atoms with Crippen molar-refractivity contribution in [2.24, 2.45) is 5.73 Å². The minimum Gasteiger partial charge on any atom is -0.326 e. The number of nitrogens with two attached hydrogens (primary N) is 1. The van der Waals surface area contributed by atoms with Crippen molar-refractivity contribution in [1.29, 1.82) is 0 Å². The highest BCUT2D eigenvalue weighted by atomic mass is 15.1. The maximum absolute atomic E-state index is 5.95. The third-order valence-corrected chi connectivity index (χ3v) is 2.51. The number of nitrogens with zero attached hydrogens (tertiary/aromatic N) is 1. The van der Waals surface area contributed by atoms with E-state index in [0.29, 0.717) is 6.04 Å². The Balaban J connectivity index is 3.72. The van der Waals surface area contributed by atoms with Gasteiger partial charge in [-0.2, -0.15) is 0 Å². The van der Waals surface area contributed by atoms with Gasteiger partial charge in [0.15, 0.2) is 0 Å². The van der Waals surface area contributed by atoms with Gasteiger partial charge in [-0.1, -0.05) is 6.92 Å². The molecule has 0 saturated heterocycles. The van der Waals surface area contributed by atoms with E-state index in [1.165, 1.54) is 25.9 Å². The van der Waals surface area contributed by atoms with Crippen molar-refractivity contribution in [3.8, 4) is 0 Å². The highest BCUT2D eigenvalue weighted by molar-refractivity contribution is 4.73. The van der Waals surface area contributed by atoms with E-state index in [2.05, 4.69) is 39.5 Å². The van der Waals surface area contributed by atoms with Gasteiger partial charge in [-0.3, -0.25) is 0 Å². The summed E-state index contributed by atoms with van der Waals surface area (Å²) < 4.78 is 0. The quantitative estimate of drug-likeness (QED) is 0.684. The van der Waals surface area contributed by atoms with E-state index in [1.54, 1.807) is 0 Å². The van der Waals surface area contributed by atoms with Crippen molar-refractivity contribution < 1.29 is 0 Å². The molecule has 0 aliphatic rings. The van der Waals surface area contributed by atoms with Crippen molar-refractivity contribution >= 4 is 0 Å². The number of hydrogen-bond donors (Lipinski definition) is 1. The minimum absolute atomic E-state index is 0.00510. The van der Waals surface area contributed by atoms with Crippen molar-refractivity contribution in [2.45, 2.75) is 65.5 Å². The van der Waals surface area contributed by atoms with E-state index >= 15 is 0 Å². The van der Waals surface area contributed by atoms with Crippen LogP contribution < -0.4 is 5.73 Å². The van der Waals surface area contributed by atoms with Crippen LogP contribution in [0, 0.1) is 0 Å². The first-order chi connectivity index (χ1) is 6.37. The average Bonchev–Trinajstić information content (AvgIpc) is 2.00. The lowest BCUT2D eigenvalue weighted by molar-refractivity contribution is 0.212. The third-order valence-electron chi connectivity index (χ3n) is 2.51. The molecule has 2 heteroatoms. The first kappa shape index (κ1) is 13.9. The number of hydrogen-bond acceptors (Lipinski definition) is 2. The van der Waals surface area contributed by atoms with Gasteiger partial charge in [0.05, 0.1) is 0 Å². The molecular weight excluding hydrogens is 172 g/mol. The zero-order valence-corrected chi connectivity index (χ0v) is 10.6. The van der Waals surface area contributed by atoms with E-state index < -0.39 is 0 Å². The van der Waals surface area contributed by atoms with Gasteiger partial charge in [0.25, 0.3) is 0 Å². The molecule has 0 aromatic rings. The molecule has 0 rings (SSSR count). The van der Waals surface area contributed by atoms with Crippen LogP contribution in [0.25, 0.3) is 0 Å². The second-order valence-electron chi connectivity index (χ2n) is 5.22. The average molecular weight is 200 g/mol. The molecule has 0 atom stereocenters. The minimum atomic E-state index is -0.00510. The highest BCUT2D eigenvalue weighted by Gasteiger charge is 2.12. The van der Waals surface area contributed by atoms with Crippen molar-refractivity contribution in [3.63, 3.8) is 0 Å². The first-order valence-corrected chi connectivity index (χ1v) is 5.89. The van der Waals surface area contributed by atoms with Gasteiger partial charge in [0.2, 0.25) is 0 Å². The molecule has 0 heterocycles. The summed E-state index contributed by atoms with van der Waals surface area (Å²) in [6.07, 6.45) is 3.56. The Hall–Kier alpha value is -0.0800. The van der Waals surface area contributed by atoms with Crippen LogP contribution in [0.2, 0.25) is 0 Å². The molecule has 0 fully saturated rings. The first-order valence-electron chi connectivity index (χ1n) is 5.89. The lowest BCUT2D eigenvalue weighted by atomic mass is 10.00. The lowest BCUT2D eigenvalue weighted by Gasteiger charge is -2.27. The fourth-order valence-electron chi connectivity index (χ4n) is 1.65. The van der Waals surface area contributed by atoms with Gasteiger partial charge in [0, 0.05) is 11.6 Å². The Bertz CT molecular complexity index is 136. The van der Waals surface area contributed by atoms with Gasteiger partial charge in [0.1, 0.15) is 0 Å². The molecule has 0 spiro atoms. The summed E-state index contributed by atoms with van der Waals surface area (Å²) in [5.74, 6) is 0. The summed E-state index contributed by atoms with van der Waals surface area (Å²) >= 11 is 0. The zero-order valence-electron chi connectivity index (χ0n) is 10.6. The van der Waals surface area contributed by atoms with Crippen molar-refractivity contribution in [2.75, 3.05) is 13.1 Å². The Kier molecular flexibility index (Phi) is 6.38. The lowest BCUT2D eigenvalue weighted by Crippen LogP contribution is -2.36. The SMILES string of the molecule is CCCN(CCCC(C)(C)N)C(C)C. The van der Waals surface area contributed by atoms with E-state index in [9.17, 15) is 0 Å². The van der Waals surface area contributed by atoms with E-state index in [0.717, 1.165) is 6.42 Å². The molecular formula is C12H28N2. The maximum Gasteiger partial charge on any atom is 0.00975 e. The fourth-order valence-corrected chi connectivity index (χ4v) is 1.65. The Morgan fingerprint density at radius 1 is 1.21 bits per heavy atom. The zero-order chi connectivity index (χ0) is 11.2. The molecule has 0 radical (unpaired) electrons. The molecule has 14 heavy (non-hydrogen) atoms. The predicted octanol–water partition coefficient (Wildman–Crippen LogP) is 2.62. The van der Waals surface area contributed by atoms with Crippen LogP contribution in [0.3, 0.4) is 0 Å². The Morgan fingerprint density at radius 3 is 2.14 bits per heavy atom. The summed E-state index contributed by atoms with van der Waals surface area (Å²) in [5, 5.41) is 0. The van der Waals surface area contributed by atoms with E-state index in [1.807, 2.05) is 0 Å². The van der Waals surface area contributed by atoms with Gasteiger partial charge < -0.3 is 10.6 Å². The molecule has 2 N–H and O–H groups in total. The second kappa shape index (κ2) is 6.41. The number of rotatable bonds is 7. The molecule has 0 saturated carbocycles. The van der Waals surface area contributed by atoms with Crippen molar-refractivity contribution in [1.82, 2.24) is 4.90 Å². The molecule has 0 aliphatic carbocycles. The van der Waals surface area contributed by atoms with E-state index in [-0.39, 0.29) is 5.54 Å². The largest absolute Gasteiger partial charge is 0.326 e. The molecule has 0 amide bonds. The summed E-state index contributed by atoms with van der Waals surface area (Å²) in [5.41, 5.74) is 5.95. The van der Waals surface area contributed by atoms with Crippen LogP contribution in [0.5, 0.6) is 0 Å². The van der Waals surface area contributed by atoms with Gasteiger partial charge in [-0.25, -0.2) is 0 Å². The van der Waals surface area contributed by atoms with Gasteiger partial charge in [-0.15, -0.1) is 0 Å². The monoisotopic (exact) mass is 200 g/mol. The maximum atomic E-state index is 5.95. The summed E-state index contributed by atoms with van der Waals surface area (Å²) in [7, 11) is 0. The molecule has 0 bridgehead atoms. The normalized spacial score (nSPS) is 12.9. The molecule has 0 aromatic carbocycles. The van der Waals surface area contributed by atoms with E-state index in [4.69, 9.17) is 5.73 Å². The van der Waals surface area contributed by atoms with Crippen LogP contribution in [0.15, 0.2) is 0 Å². The fraction of sp³-hybridized carbons (Fsp3) is 1.00. The van der Waals surface area contributed by atoms with Crippen LogP contribution in [-0.2, 0) is 0 Å². The molecule has 0 aliphatic heterocycles. The predicted molar refractivity (Wildman–Crippen MR) is 64.5 cm³/mol. The van der Waals surface area contributed by atoms with Crippen LogP contribution >= 0.6 is 0 Å². The Labute approximate surface area is 89.9 Å². The molecule has 0 unspecified atom stereocenters. The van der Waals surface area contributed by atoms with Gasteiger partial charge >= 0.3 is 0 Å². The van der Waals surface area contributed by atoms with Crippen LogP contribution in [0.4, 0.5) is 0 Å². The highest BCUT2D eigenvalue weighted by Crippen LogP contribution is 2.09.